The van der Waals surface area contributed by atoms with Gasteiger partial charge in [-0.1, -0.05) is 18.5 Å². The van der Waals surface area contributed by atoms with Crippen LogP contribution in [-0.2, 0) is 15.5 Å². The minimum Gasteiger partial charge on any atom is -0.280 e. The predicted molar refractivity (Wildman–Crippen MR) is 46.0 cm³/mol. The number of rotatable bonds is 2. The van der Waals surface area contributed by atoms with E-state index >= 15 is 0 Å². The van der Waals surface area contributed by atoms with Gasteiger partial charge in [0.1, 0.15) is 4.90 Å². The van der Waals surface area contributed by atoms with E-state index in [1.165, 1.54) is 0 Å². The van der Waals surface area contributed by atoms with Crippen LogP contribution in [0.1, 0.15) is 12.6 Å². The second kappa shape index (κ2) is 3.24. The first-order valence-electron chi connectivity index (χ1n) is 3.14. The second-order valence-corrected chi connectivity index (χ2v) is 4.97. The Bertz CT molecular complexity index is 384. The maximum absolute atomic E-state index is 10.9. The van der Waals surface area contributed by atoms with Crippen LogP contribution in [0.25, 0.3) is 0 Å². The summed E-state index contributed by atoms with van der Waals surface area (Å²) in [5.74, 6) is 0. The van der Waals surface area contributed by atoms with Gasteiger partial charge in [-0.2, -0.15) is 5.10 Å². The Morgan fingerprint density at radius 3 is 2.50 bits per heavy atom. The SMILES string of the molecule is CCc1[nH]nc(Cl)c1S(=O)(=O)Cl. The van der Waals surface area contributed by atoms with Gasteiger partial charge in [-0.3, -0.25) is 5.10 Å². The summed E-state index contributed by atoms with van der Waals surface area (Å²) in [7, 11) is 1.33. The van der Waals surface area contributed by atoms with Crippen molar-refractivity contribution in [2.75, 3.05) is 0 Å². The molecule has 0 bridgehead atoms. The molecule has 1 aromatic rings. The maximum atomic E-state index is 10.9. The molecule has 0 aromatic carbocycles. The molecule has 0 radical (unpaired) electrons. The Balaban J connectivity index is 3.39. The Morgan fingerprint density at radius 2 is 2.17 bits per heavy atom. The number of aromatic nitrogens is 2. The molecule has 4 nitrogen and oxygen atoms in total. The fourth-order valence-corrected chi connectivity index (χ4v) is 2.64. The van der Waals surface area contributed by atoms with E-state index in [2.05, 4.69) is 10.2 Å². The van der Waals surface area contributed by atoms with Gasteiger partial charge in [0.05, 0.1) is 5.69 Å². The molecule has 7 heteroatoms. The van der Waals surface area contributed by atoms with Crippen molar-refractivity contribution in [3.8, 4) is 0 Å². The number of aryl methyl sites for hydroxylation is 1. The minimum absolute atomic E-state index is 0.109. The van der Waals surface area contributed by atoms with Crippen molar-refractivity contribution >= 4 is 31.3 Å². The minimum atomic E-state index is -3.79. The molecule has 1 aromatic heterocycles. The molecule has 0 aliphatic carbocycles. The van der Waals surface area contributed by atoms with Gasteiger partial charge in [0.2, 0.25) is 0 Å². The largest absolute Gasteiger partial charge is 0.280 e. The topological polar surface area (TPSA) is 62.8 Å². The Hall–Kier alpha value is -0.260. The van der Waals surface area contributed by atoms with Gasteiger partial charge in [0, 0.05) is 10.7 Å². The van der Waals surface area contributed by atoms with Crippen molar-refractivity contribution in [1.82, 2.24) is 10.2 Å². The number of hydrogen-bond acceptors (Lipinski definition) is 3. The molecule has 0 aliphatic rings. The Morgan fingerprint density at radius 1 is 1.58 bits per heavy atom. The van der Waals surface area contributed by atoms with Crippen LogP contribution in [0.3, 0.4) is 0 Å². The zero-order valence-electron chi connectivity index (χ0n) is 6.13. The van der Waals surface area contributed by atoms with Crippen molar-refractivity contribution in [1.29, 1.82) is 0 Å². The lowest BCUT2D eigenvalue weighted by Gasteiger charge is -1.94. The van der Waals surface area contributed by atoms with Crippen LogP contribution >= 0.6 is 22.3 Å². The summed E-state index contributed by atoms with van der Waals surface area (Å²) < 4.78 is 21.8. The number of H-pyrrole nitrogens is 1. The Labute approximate surface area is 79.3 Å². The highest BCUT2D eigenvalue weighted by molar-refractivity contribution is 8.13. The third-order valence-electron chi connectivity index (χ3n) is 1.35. The Kier molecular flexibility index (Phi) is 2.65. The van der Waals surface area contributed by atoms with Crippen molar-refractivity contribution in [2.45, 2.75) is 18.2 Å². The van der Waals surface area contributed by atoms with Gasteiger partial charge < -0.3 is 0 Å². The molecular weight excluding hydrogens is 223 g/mol. The van der Waals surface area contributed by atoms with E-state index in [0.717, 1.165) is 0 Å². The van der Waals surface area contributed by atoms with E-state index in [1.54, 1.807) is 6.92 Å². The van der Waals surface area contributed by atoms with Gasteiger partial charge in [-0.15, -0.1) is 0 Å². The van der Waals surface area contributed by atoms with Crippen LogP contribution in [0.5, 0.6) is 0 Å². The van der Waals surface area contributed by atoms with Crippen molar-refractivity contribution < 1.29 is 8.42 Å². The van der Waals surface area contributed by atoms with Gasteiger partial charge in [-0.25, -0.2) is 8.42 Å². The van der Waals surface area contributed by atoms with E-state index in [-0.39, 0.29) is 10.0 Å². The summed E-state index contributed by atoms with van der Waals surface area (Å²) in [6.45, 7) is 1.77. The van der Waals surface area contributed by atoms with E-state index in [9.17, 15) is 8.42 Å². The van der Waals surface area contributed by atoms with E-state index in [4.69, 9.17) is 22.3 Å². The quantitative estimate of drug-likeness (QED) is 0.782. The summed E-state index contributed by atoms with van der Waals surface area (Å²) in [5.41, 5.74) is 0.426. The van der Waals surface area contributed by atoms with Crippen LogP contribution in [0.2, 0.25) is 5.15 Å². The molecule has 0 saturated heterocycles. The normalized spacial score (nSPS) is 11.9. The molecule has 0 atom stereocenters. The van der Waals surface area contributed by atoms with Crippen LogP contribution in [-0.4, -0.2) is 18.6 Å². The fraction of sp³-hybridized carbons (Fsp3) is 0.400. The highest BCUT2D eigenvalue weighted by Crippen LogP contribution is 2.25. The highest BCUT2D eigenvalue weighted by Gasteiger charge is 2.21. The maximum Gasteiger partial charge on any atom is 0.266 e. The third kappa shape index (κ3) is 1.73. The number of aromatic amines is 1. The van der Waals surface area contributed by atoms with Crippen LogP contribution in [0.15, 0.2) is 4.90 Å². The number of nitrogens with zero attached hydrogens (tertiary/aromatic N) is 1. The van der Waals surface area contributed by atoms with Gasteiger partial charge in [0.15, 0.2) is 5.15 Å². The summed E-state index contributed by atoms with van der Waals surface area (Å²) >= 11 is 5.50. The van der Waals surface area contributed by atoms with E-state index in [0.29, 0.717) is 12.1 Å². The number of hydrogen-bond donors (Lipinski definition) is 1. The van der Waals surface area contributed by atoms with E-state index in [1.807, 2.05) is 0 Å². The molecule has 0 spiro atoms. The molecule has 68 valence electrons. The molecule has 0 saturated carbocycles. The average molecular weight is 229 g/mol. The predicted octanol–water partition coefficient (Wildman–Crippen LogP) is 1.55. The summed E-state index contributed by atoms with van der Waals surface area (Å²) in [6.07, 6.45) is 0.487. The zero-order valence-corrected chi connectivity index (χ0v) is 8.46. The van der Waals surface area contributed by atoms with Gasteiger partial charge >= 0.3 is 0 Å². The van der Waals surface area contributed by atoms with Crippen LogP contribution in [0.4, 0.5) is 0 Å². The monoisotopic (exact) mass is 228 g/mol. The summed E-state index contributed by atoms with van der Waals surface area (Å²) in [6, 6.07) is 0. The first-order chi connectivity index (χ1) is 5.46. The smallest absolute Gasteiger partial charge is 0.266 e. The van der Waals surface area contributed by atoms with Gasteiger partial charge in [-0.05, 0) is 6.42 Å². The summed E-state index contributed by atoms with van der Waals surface area (Å²) in [5, 5.41) is 5.91. The number of nitrogens with one attached hydrogen (secondary N) is 1. The lowest BCUT2D eigenvalue weighted by Crippen LogP contribution is -1.94. The molecule has 0 amide bonds. The lowest BCUT2D eigenvalue weighted by molar-refractivity contribution is 0.608. The van der Waals surface area contributed by atoms with Crippen molar-refractivity contribution in [2.24, 2.45) is 0 Å². The molecule has 0 unspecified atom stereocenters. The molecule has 1 heterocycles. The fourth-order valence-electron chi connectivity index (χ4n) is 0.830. The lowest BCUT2D eigenvalue weighted by atomic mass is 10.3. The molecule has 1 rings (SSSR count). The molecule has 0 aliphatic heterocycles. The molecule has 1 N–H and O–H groups in total. The van der Waals surface area contributed by atoms with E-state index < -0.39 is 9.05 Å². The number of halogens is 2. The first-order valence-corrected chi connectivity index (χ1v) is 5.83. The van der Waals surface area contributed by atoms with Crippen LogP contribution in [0, 0.1) is 0 Å². The highest BCUT2D eigenvalue weighted by atomic mass is 35.7. The van der Waals surface area contributed by atoms with Crippen molar-refractivity contribution in [3.63, 3.8) is 0 Å². The molecule has 12 heavy (non-hydrogen) atoms. The van der Waals surface area contributed by atoms with Gasteiger partial charge in [0.25, 0.3) is 9.05 Å². The molecule has 0 fully saturated rings. The first kappa shape index (κ1) is 9.83. The average Bonchev–Trinajstić information content (AvgIpc) is 2.29. The van der Waals surface area contributed by atoms with Crippen molar-refractivity contribution in [3.05, 3.63) is 10.8 Å². The zero-order chi connectivity index (χ0) is 9.35. The standard InChI is InChI=1S/C5H6Cl2N2O2S/c1-2-3-4(12(7,10)11)5(6)9-8-3/h2H2,1H3,(H,8,9). The summed E-state index contributed by atoms with van der Waals surface area (Å²) in [4.78, 5) is -0.117. The third-order valence-corrected chi connectivity index (χ3v) is 3.12. The molecular formula is C5H6Cl2N2O2S. The second-order valence-electron chi connectivity index (χ2n) is 2.11. The van der Waals surface area contributed by atoms with Crippen LogP contribution < -0.4 is 0 Å².